The van der Waals surface area contributed by atoms with Gasteiger partial charge in [0.1, 0.15) is 17.5 Å². The van der Waals surface area contributed by atoms with Crippen LogP contribution in [0.15, 0.2) is 24.3 Å². The van der Waals surface area contributed by atoms with Crippen molar-refractivity contribution in [1.29, 1.82) is 0 Å². The molecule has 172 valence electrons. The van der Waals surface area contributed by atoms with Gasteiger partial charge < -0.3 is 9.47 Å². The zero-order valence-electron chi connectivity index (χ0n) is 18.1. The van der Waals surface area contributed by atoms with E-state index in [4.69, 9.17) is 21.1 Å². The highest BCUT2D eigenvalue weighted by Gasteiger charge is 2.31. The zero-order chi connectivity index (χ0) is 23.5. The highest BCUT2D eigenvalue weighted by atomic mass is 35.5. The molecule has 1 saturated heterocycles. The number of Topliss-reactive ketones (excluding diaryl/α,β-unsaturated/α-hetero) is 1. The number of ketones is 1. The first-order valence-electron chi connectivity index (χ1n) is 10.2. The summed E-state index contributed by atoms with van der Waals surface area (Å²) in [6.07, 6.45) is 3.19. The number of hydrogen-bond donors (Lipinski definition) is 0. The Morgan fingerprint density at radius 1 is 1.34 bits per heavy atom. The van der Waals surface area contributed by atoms with E-state index in [0.717, 1.165) is 0 Å². The summed E-state index contributed by atoms with van der Waals surface area (Å²) in [5, 5.41) is 4.64. The molecule has 32 heavy (non-hydrogen) atoms. The first-order chi connectivity index (χ1) is 15.1. The van der Waals surface area contributed by atoms with Gasteiger partial charge in [0, 0.05) is 22.8 Å². The molecule has 1 fully saturated rings. The molecule has 2 heterocycles. The molecule has 0 spiro atoms. The van der Waals surface area contributed by atoms with E-state index < -0.39 is 15.8 Å². The van der Waals surface area contributed by atoms with Crippen molar-refractivity contribution >= 4 is 39.3 Å². The van der Waals surface area contributed by atoms with Crippen LogP contribution in [0.1, 0.15) is 53.5 Å². The number of carbonyl (C=O) groups is 2. The second kappa shape index (κ2) is 9.87. The van der Waals surface area contributed by atoms with Crippen molar-refractivity contribution in [1.82, 2.24) is 9.78 Å². The second-order valence-electron chi connectivity index (χ2n) is 7.54. The van der Waals surface area contributed by atoms with Crippen LogP contribution in [-0.2, 0) is 26.0 Å². The molecule has 0 radical (unpaired) electrons. The van der Waals surface area contributed by atoms with Crippen molar-refractivity contribution in [2.75, 3.05) is 18.1 Å². The standard InChI is InChI=1S/C22H25ClN2O6S/c1-4-30-20-7-5-16(15(3)26)11-17(20)12-31-21(27)8-6-19-14(2)24-25(22(19)23)18-9-10-32(28,29)13-18/h5-8,11,18H,4,9-10,12-13H2,1-3H3/b8-6+. The minimum Gasteiger partial charge on any atom is -0.493 e. The van der Waals surface area contributed by atoms with Gasteiger partial charge in [0.05, 0.1) is 29.8 Å². The van der Waals surface area contributed by atoms with Gasteiger partial charge in [-0.1, -0.05) is 11.6 Å². The Balaban J connectivity index is 1.70. The number of nitrogens with zero attached hydrogens (tertiary/aromatic N) is 2. The molecular weight excluding hydrogens is 456 g/mol. The topological polar surface area (TPSA) is 105 Å². The predicted molar refractivity (Wildman–Crippen MR) is 121 cm³/mol. The lowest BCUT2D eigenvalue weighted by molar-refractivity contribution is -0.138. The van der Waals surface area contributed by atoms with Gasteiger partial charge >= 0.3 is 5.97 Å². The molecule has 1 aliphatic heterocycles. The van der Waals surface area contributed by atoms with Crippen molar-refractivity contribution < 1.29 is 27.5 Å². The molecule has 1 atom stereocenters. The lowest BCUT2D eigenvalue weighted by Gasteiger charge is -2.11. The van der Waals surface area contributed by atoms with Crippen LogP contribution in [0.5, 0.6) is 5.75 Å². The van der Waals surface area contributed by atoms with Gasteiger partial charge in [-0.2, -0.15) is 5.10 Å². The quantitative estimate of drug-likeness (QED) is 0.323. The first-order valence-corrected chi connectivity index (χ1v) is 12.4. The van der Waals surface area contributed by atoms with Crippen LogP contribution in [-0.4, -0.2) is 48.1 Å². The van der Waals surface area contributed by atoms with E-state index in [0.29, 0.717) is 41.2 Å². The molecule has 0 saturated carbocycles. The number of rotatable bonds is 8. The molecular formula is C22H25ClN2O6S. The zero-order valence-corrected chi connectivity index (χ0v) is 19.7. The van der Waals surface area contributed by atoms with Crippen LogP contribution >= 0.6 is 11.6 Å². The van der Waals surface area contributed by atoms with Gasteiger partial charge in [0.25, 0.3) is 0 Å². The normalized spacial score (nSPS) is 17.6. The van der Waals surface area contributed by atoms with Gasteiger partial charge in [-0.05, 0) is 51.5 Å². The Morgan fingerprint density at radius 2 is 2.09 bits per heavy atom. The third-order valence-corrected chi connectivity index (χ3v) is 7.28. The van der Waals surface area contributed by atoms with Crippen LogP contribution < -0.4 is 4.74 Å². The predicted octanol–water partition coefficient (Wildman–Crippen LogP) is 3.56. The molecule has 1 aliphatic rings. The molecule has 1 aromatic carbocycles. The van der Waals surface area contributed by atoms with Crippen LogP contribution in [0.25, 0.3) is 6.08 Å². The summed E-state index contributed by atoms with van der Waals surface area (Å²) in [6.45, 7) is 5.40. The molecule has 10 heteroatoms. The highest BCUT2D eigenvalue weighted by molar-refractivity contribution is 7.91. The number of esters is 1. The molecule has 3 rings (SSSR count). The van der Waals surface area contributed by atoms with Crippen LogP contribution in [0.3, 0.4) is 0 Å². The second-order valence-corrected chi connectivity index (χ2v) is 10.1. The SMILES string of the molecule is CCOc1ccc(C(C)=O)cc1COC(=O)/C=C/c1c(C)nn(C2CCS(=O)(=O)C2)c1Cl. The van der Waals surface area contributed by atoms with Gasteiger partial charge in [0.15, 0.2) is 15.6 Å². The maximum atomic E-state index is 12.3. The van der Waals surface area contributed by atoms with Gasteiger partial charge in [-0.25, -0.2) is 17.9 Å². The summed E-state index contributed by atoms with van der Waals surface area (Å²) < 4.78 is 35.9. The third kappa shape index (κ3) is 5.58. The summed E-state index contributed by atoms with van der Waals surface area (Å²) in [7, 11) is -3.08. The highest BCUT2D eigenvalue weighted by Crippen LogP contribution is 2.30. The fourth-order valence-corrected chi connectivity index (χ4v) is 5.56. The van der Waals surface area contributed by atoms with Gasteiger partial charge in [0.2, 0.25) is 0 Å². The summed E-state index contributed by atoms with van der Waals surface area (Å²) >= 11 is 6.42. The molecule has 0 bridgehead atoms. The fourth-order valence-electron chi connectivity index (χ4n) is 3.49. The average molecular weight is 481 g/mol. The lowest BCUT2D eigenvalue weighted by atomic mass is 10.1. The Hall–Kier alpha value is -2.65. The molecule has 2 aromatic rings. The number of ether oxygens (including phenoxy) is 2. The van der Waals surface area contributed by atoms with Crippen LogP contribution in [0, 0.1) is 6.92 Å². The Bertz CT molecular complexity index is 1170. The van der Waals surface area contributed by atoms with Crippen molar-refractivity contribution in [2.24, 2.45) is 0 Å². The van der Waals surface area contributed by atoms with Crippen LogP contribution in [0.2, 0.25) is 5.15 Å². The number of halogens is 1. The van der Waals surface area contributed by atoms with E-state index in [9.17, 15) is 18.0 Å². The molecule has 8 nitrogen and oxygen atoms in total. The molecule has 1 unspecified atom stereocenters. The molecule has 1 aromatic heterocycles. The van der Waals surface area contributed by atoms with E-state index in [1.54, 1.807) is 25.1 Å². The van der Waals surface area contributed by atoms with E-state index in [1.165, 1.54) is 23.8 Å². The number of carbonyl (C=O) groups excluding carboxylic acids is 2. The monoisotopic (exact) mass is 480 g/mol. The number of sulfone groups is 1. The number of aryl methyl sites for hydroxylation is 1. The Morgan fingerprint density at radius 3 is 2.72 bits per heavy atom. The molecule has 0 N–H and O–H groups in total. The van der Waals surface area contributed by atoms with Crippen LogP contribution in [0.4, 0.5) is 0 Å². The summed E-state index contributed by atoms with van der Waals surface area (Å²) in [5.41, 5.74) is 2.20. The smallest absolute Gasteiger partial charge is 0.331 e. The largest absolute Gasteiger partial charge is 0.493 e. The molecule has 0 amide bonds. The fraction of sp³-hybridized carbons (Fsp3) is 0.409. The Kier molecular flexibility index (Phi) is 7.40. The average Bonchev–Trinajstić information content (AvgIpc) is 3.23. The van der Waals surface area contributed by atoms with E-state index >= 15 is 0 Å². The third-order valence-electron chi connectivity index (χ3n) is 5.15. The minimum absolute atomic E-state index is 0.000523. The van der Waals surface area contributed by atoms with Gasteiger partial charge in [-0.3, -0.25) is 4.79 Å². The number of aromatic nitrogens is 2. The van der Waals surface area contributed by atoms with Crippen molar-refractivity contribution in [3.05, 3.63) is 51.8 Å². The maximum Gasteiger partial charge on any atom is 0.331 e. The van der Waals surface area contributed by atoms with Crippen molar-refractivity contribution in [3.8, 4) is 5.75 Å². The number of benzene rings is 1. The van der Waals surface area contributed by atoms with E-state index in [1.807, 2.05) is 6.92 Å². The summed E-state index contributed by atoms with van der Waals surface area (Å²) in [5.74, 6) is -0.0505. The summed E-state index contributed by atoms with van der Waals surface area (Å²) in [4.78, 5) is 23.9. The Labute approximate surface area is 192 Å². The van der Waals surface area contributed by atoms with E-state index in [-0.39, 0.29) is 35.1 Å². The summed E-state index contributed by atoms with van der Waals surface area (Å²) in [6, 6.07) is 4.67. The first kappa shape index (κ1) is 24.0. The van der Waals surface area contributed by atoms with Crippen molar-refractivity contribution in [3.63, 3.8) is 0 Å². The minimum atomic E-state index is -3.08. The van der Waals surface area contributed by atoms with E-state index in [2.05, 4.69) is 5.10 Å². The molecule has 0 aliphatic carbocycles. The van der Waals surface area contributed by atoms with Crippen molar-refractivity contribution in [2.45, 2.75) is 39.8 Å². The number of hydrogen-bond acceptors (Lipinski definition) is 7. The van der Waals surface area contributed by atoms with Gasteiger partial charge in [-0.15, -0.1) is 0 Å². The lowest BCUT2D eigenvalue weighted by Crippen LogP contribution is -2.12. The maximum absolute atomic E-state index is 12.3.